The molecule has 74 valence electrons. The van der Waals surface area contributed by atoms with Crippen LogP contribution in [0.1, 0.15) is 26.7 Å². The number of hydrogen-bond donors (Lipinski definition) is 0. The number of aromatic nitrogens is 4. The van der Waals surface area contributed by atoms with Gasteiger partial charge in [0.2, 0.25) is 12.3 Å². The molecule has 0 atom stereocenters. The number of nitrogens with zero attached hydrogens (tertiary/aromatic N) is 4. The molecule has 0 aliphatic carbocycles. The molecule has 0 aliphatic rings. The summed E-state index contributed by atoms with van der Waals surface area (Å²) in [6, 6.07) is 0. The van der Waals surface area contributed by atoms with Gasteiger partial charge in [-0.1, -0.05) is 25.9 Å². The van der Waals surface area contributed by atoms with E-state index in [9.17, 15) is 0 Å². The van der Waals surface area contributed by atoms with E-state index in [1.54, 1.807) is 0 Å². The van der Waals surface area contributed by atoms with Crippen LogP contribution >= 0.6 is 0 Å². The van der Waals surface area contributed by atoms with Gasteiger partial charge in [-0.25, -0.2) is 0 Å². The smallest absolute Gasteiger partial charge is 0.289 e. The van der Waals surface area contributed by atoms with Gasteiger partial charge >= 0.3 is 0 Å². The molecule has 2 rings (SSSR count). The Kier molecular flexibility index (Phi) is 1.83. The molecule has 0 amide bonds. The molecular weight excluding hydrogens is 184 g/mol. The maximum absolute atomic E-state index is 5.06. The number of rotatable bonds is 1. The molecule has 0 radical (unpaired) electrons. The van der Waals surface area contributed by atoms with Crippen molar-refractivity contribution in [1.82, 2.24) is 20.3 Å². The van der Waals surface area contributed by atoms with E-state index >= 15 is 0 Å². The normalized spacial score (nSPS) is 11.9. The van der Waals surface area contributed by atoms with E-state index in [0.29, 0.717) is 11.7 Å². The largest absolute Gasteiger partial charge is 0.421 e. The zero-order chi connectivity index (χ0) is 10.2. The minimum Gasteiger partial charge on any atom is -0.421 e. The van der Waals surface area contributed by atoms with Crippen molar-refractivity contribution in [3.63, 3.8) is 0 Å². The van der Waals surface area contributed by atoms with Crippen LogP contribution in [0.4, 0.5) is 0 Å². The predicted octanol–water partition coefficient (Wildman–Crippen LogP) is 1.42. The van der Waals surface area contributed by atoms with E-state index in [2.05, 4.69) is 20.3 Å². The molecule has 0 saturated heterocycles. The lowest BCUT2D eigenvalue weighted by Crippen LogP contribution is -2.11. The molecule has 0 aliphatic heterocycles. The number of hydrogen-bond acceptors (Lipinski definition) is 6. The zero-order valence-corrected chi connectivity index (χ0v) is 8.18. The summed E-state index contributed by atoms with van der Waals surface area (Å²) in [5, 5.41) is 11.0. The lowest BCUT2D eigenvalue weighted by molar-refractivity contribution is 0.320. The fourth-order valence-electron chi connectivity index (χ4n) is 0.885. The van der Waals surface area contributed by atoms with Gasteiger partial charge in [0.15, 0.2) is 0 Å². The van der Waals surface area contributed by atoms with Crippen molar-refractivity contribution in [2.45, 2.75) is 26.2 Å². The quantitative estimate of drug-likeness (QED) is 0.683. The van der Waals surface area contributed by atoms with Crippen molar-refractivity contribution in [2.75, 3.05) is 0 Å². The molecule has 0 spiro atoms. The van der Waals surface area contributed by atoms with Gasteiger partial charge in [0.25, 0.3) is 11.7 Å². The van der Waals surface area contributed by atoms with Crippen molar-refractivity contribution in [3.05, 3.63) is 12.3 Å². The van der Waals surface area contributed by atoms with Crippen molar-refractivity contribution in [3.8, 4) is 11.7 Å². The molecular formula is C8H10N4O2. The summed E-state index contributed by atoms with van der Waals surface area (Å²) in [7, 11) is 0. The first-order valence-corrected chi connectivity index (χ1v) is 4.18. The summed E-state index contributed by atoms with van der Waals surface area (Å²) in [6.07, 6.45) is 1.22. The minimum absolute atomic E-state index is 0.175. The summed E-state index contributed by atoms with van der Waals surface area (Å²) in [5.74, 6) is 1.14. The Morgan fingerprint density at radius 2 is 2.07 bits per heavy atom. The lowest BCUT2D eigenvalue weighted by Gasteiger charge is -2.10. The maximum Gasteiger partial charge on any atom is 0.289 e. The van der Waals surface area contributed by atoms with Gasteiger partial charge in [-0.05, 0) is 0 Å². The molecule has 14 heavy (non-hydrogen) atoms. The van der Waals surface area contributed by atoms with E-state index in [0.717, 1.165) is 0 Å². The Labute approximate surface area is 80.3 Å². The Morgan fingerprint density at radius 1 is 1.29 bits per heavy atom. The summed E-state index contributed by atoms with van der Waals surface area (Å²) in [6.45, 7) is 5.95. The fourth-order valence-corrected chi connectivity index (χ4v) is 0.885. The van der Waals surface area contributed by atoms with Crippen LogP contribution in [-0.2, 0) is 5.41 Å². The Morgan fingerprint density at radius 3 is 2.57 bits per heavy atom. The molecule has 2 heterocycles. The molecule has 2 aromatic rings. The summed E-state index contributed by atoms with van der Waals surface area (Å²) in [4.78, 5) is 4.15. The van der Waals surface area contributed by atoms with Crippen LogP contribution in [0.15, 0.2) is 15.3 Å². The molecule has 0 saturated carbocycles. The van der Waals surface area contributed by atoms with Crippen molar-refractivity contribution >= 4 is 0 Å². The summed E-state index contributed by atoms with van der Waals surface area (Å²) < 4.78 is 10.0. The highest BCUT2D eigenvalue weighted by Crippen LogP contribution is 2.22. The van der Waals surface area contributed by atoms with Gasteiger partial charge in [-0.3, -0.25) is 0 Å². The second-order valence-corrected chi connectivity index (χ2v) is 3.92. The fraction of sp³-hybridized carbons (Fsp3) is 0.500. The maximum atomic E-state index is 5.06. The summed E-state index contributed by atoms with van der Waals surface area (Å²) in [5.41, 5.74) is -0.175. The Bertz CT molecular complexity index is 413. The van der Waals surface area contributed by atoms with E-state index < -0.39 is 0 Å². The van der Waals surface area contributed by atoms with Gasteiger partial charge in [0, 0.05) is 5.41 Å². The molecule has 6 heteroatoms. The second kappa shape index (κ2) is 2.90. The average Bonchev–Trinajstić information content (AvgIpc) is 2.73. The van der Waals surface area contributed by atoms with Crippen LogP contribution in [0.25, 0.3) is 11.7 Å². The third-order valence-corrected chi connectivity index (χ3v) is 1.62. The van der Waals surface area contributed by atoms with Gasteiger partial charge in [-0.2, -0.15) is 4.98 Å². The summed E-state index contributed by atoms with van der Waals surface area (Å²) >= 11 is 0. The lowest BCUT2D eigenvalue weighted by atomic mass is 9.97. The monoisotopic (exact) mass is 194 g/mol. The predicted molar refractivity (Wildman–Crippen MR) is 46.3 cm³/mol. The molecule has 0 fully saturated rings. The average molecular weight is 194 g/mol. The highest BCUT2D eigenvalue weighted by molar-refractivity contribution is 5.37. The van der Waals surface area contributed by atoms with Crippen LogP contribution in [0.3, 0.4) is 0 Å². The highest BCUT2D eigenvalue weighted by Gasteiger charge is 2.23. The molecule has 0 bridgehead atoms. The van der Waals surface area contributed by atoms with Crippen LogP contribution in [0, 0.1) is 0 Å². The third kappa shape index (κ3) is 1.50. The first-order chi connectivity index (χ1) is 6.57. The highest BCUT2D eigenvalue weighted by atomic mass is 16.5. The third-order valence-electron chi connectivity index (χ3n) is 1.62. The van der Waals surface area contributed by atoms with Crippen LogP contribution < -0.4 is 0 Å². The topological polar surface area (TPSA) is 77.8 Å². The van der Waals surface area contributed by atoms with E-state index in [1.165, 1.54) is 6.39 Å². The van der Waals surface area contributed by atoms with Crippen molar-refractivity contribution < 1.29 is 8.94 Å². The van der Waals surface area contributed by atoms with Crippen LogP contribution in [0.5, 0.6) is 0 Å². The molecule has 6 nitrogen and oxygen atoms in total. The van der Waals surface area contributed by atoms with E-state index in [-0.39, 0.29) is 11.3 Å². The van der Waals surface area contributed by atoms with Gasteiger partial charge in [0.05, 0.1) is 0 Å². The van der Waals surface area contributed by atoms with Gasteiger partial charge < -0.3 is 8.94 Å². The standard InChI is InChI=1S/C8H10N4O2/c1-8(2,3)7-10-5(12-14-7)6-11-9-4-13-6/h4H,1-3H3. The van der Waals surface area contributed by atoms with Crippen molar-refractivity contribution in [2.24, 2.45) is 0 Å². The Balaban J connectivity index is 2.36. The molecule has 0 aromatic carbocycles. The second-order valence-electron chi connectivity index (χ2n) is 3.92. The first kappa shape index (κ1) is 8.86. The first-order valence-electron chi connectivity index (χ1n) is 4.18. The molecule has 2 aromatic heterocycles. The van der Waals surface area contributed by atoms with Crippen molar-refractivity contribution in [1.29, 1.82) is 0 Å². The Hall–Kier alpha value is -1.72. The SMILES string of the molecule is CC(C)(C)c1nc(-c2nnco2)no1. The molecule has 0 unspecified atom stereocenters. The van der Waals surface area contributed by atoms with Crippen LogP contribution in [-0.4, -0.2) is 20.3 Å². The van der Waals surface area contributed by atoms with Gasteiger partial charge in [0.1, 0.15) is 0 Å². The molecule has 0 N–H and O–H groups in total. The van der Waals surface area contributed by atoms with E-state index in [1.807, 2.05) is 20.8 Å². The van der Waals surface area contributed by atoms with E-state index in [4.69, 9.17) is 8.94 Å². The van der Waals surface area contributed by atoms with Gasteiger partial charge in [-0.15, -0.1) is 10.2 Å². The minimum atomic E-state index is -0.175. The zero-order valence-electron chi connectivity index (χ0n) is 8.18. The van der Waals surface area contributed by atoms with Crippen LogP contribution in [0.2, 0.25) is 0 Å².